The smallest absolute Gasteiger partial charge is 0.417 e. The third-order valence-corrected chi connectivity index (χ3v) is 13.6. The molecule has 0 radical (unpaired) electrons. The van der Waals surface area contributed by atoms with Gasteiger partial charge in [0.05, 0.1) is 51.7 Å². The number of rotatable bonds is 21. The highest BCUT2D eigenvalue weighted by Gasteiger charge is 2.51. The fourth-order valence-corrected chi connectivity index (χ4v) is 9.72. The highest BCUT2D eigenvalue weighted by Crippen LogP contribution is 2.40. The molecule has 2 aliphatic heterocycles. The van der Waals surface area contributed by atoms with Crippen LogP contribution < -0.4 is 25.2 Å². The van der Waals surface area contributed by atoms with Crippen molar-refractivity contribution in [3.8, 4) is 22.3 Å². The zero-order valence-corrected chi connectivity index (χ0v) is 42.6. The number of aromatic nitrogens is 1. The number of carbonyl (C=O) groups is 4. The maximum atomic E-state index is 15.3. The van der Waals surface area contributed by atoms with Gasteiger partial charge in [-0.1, -0.05) is 45.0 Å². The molecule has 0 saturated carbocycles. The molecule has 0 spiro atoms. The van der Waals surface area contributed by atoms with E-state index in [1.54, 1.807) is 37.6 Å². The van der Waals surface area contributed by atoms with Crippen molar-refractivity contribution in [2.75, 3.05) is 49.4 Å². The molecule has 3 atom stereocenters. The minimum absolute atomic E-state index is 0.0331. The summed E-state index contributed by atoms with van der Waals surface area (Å²) >= 11 is 7.10. The molecule has 72 heavy (non-hydrogen) atoms. The number of halogens is 4. The number of aliphatic hydroxyl groups excluding tert-OH is 1. The van der Waals surface area contributed by atoms with Gasteiger partial charge in [0, 0.05) is 51.1 Å². The lowest BCUT2D eigenvalue weighted by atomic mass is 9.85. The van der Waals surface area contributed by atoms with Crippen LogP contribution in [-0.4, -0.2) is 107 Å². The highest BCUT2D eigenvalue weighted by atomic mass is 32.1. The Hall–Kier alpha value is -6.05. The first-order valence-corrected chi connectivity index (χ1v) is 24.7. The van der Waals surface area contributed by atoms with Crippen LogP contribution in [0, 0.1) is 29.5 Å². The van der Waals surface area contributed by atoms with E-state index in [1.165, 1.54) is 47.9 Å². The lowest BCUT2D eigenvalue weighted by Crippen LogP contribution is -2.58. The van der Waals surface area contributed by atoms with Crippen molar-refractivity contribution in [3.63, 3.8) is 0 Å². The molecule has 21 heteroatoms. The van der Waals surface area contributed by atoms with Crippen molar-refractivity contribution in [3.05, 3.63) is 94.4 Å². The molecule has 2 aliphatic rings. The fraction of sp³-hybridized carbons (Fsp3) is 0.471. The maximum Gasteiger partial charge on any atom is 0.417 e. The molecule has 3 aromatic carbocycles. The molecule has 2 saturated heterocycles. The van der Waals surface area contributed by atoms with Gasteiger partial charge in [-0.05, 0) is 106 Å². The number of likely N-dealkylation sites (tertiary alicyclic amines) is 1. The van der Waals surface area contributed by atoms with Crippen LogP contribution in [0.25, 0.3) is 10.4 Å². The zero-order chi connectivity index (χ0) is 52.5. The normalized spacial score (nSPS) is 17.3. The number of β-amino-alcohol motifs (C(OH)–C–C–N with tert-alkyl or cyclic N) is 1. The van der Waals surface area contributed by atoms with Crippen molar-refractivity contribution < 1.29 is 56.1 Å². The Balaban J connectivity index is 0.863. The Bertz CT molecular complexity index is 2650. The molecule has 3 N–H and O–H groups in total. The number of benzene rings is 3. The molecule has 1 aromatic heterocycles. The maximum absolute atomic E-state index is 15.3. The highest BCUT2D eigenvalue weighted by molar-refractivity contribution is 7.81. The Kier molecular flexibility index (Phi) is 18.2. The van der Waals surface area contributed by atoms with Gasteiger partial charge in [0.1, 0.15) is 24.2 Å². The molecule has 386 valence electrons. The summed E-state index contributed by atoms with van der Waals surface area (Å²) < 4.78 is 73.4. The van der Waals surface area contributed by atoms with Crippen molar-refractivity contribution in [1.82, 2.24) is 20.5 Å². The Morgan fingerprint density at radius 2 is 1.65 bits per heavy atom. The molecule has 0 aliphatic carbocycles. The average molecular weight is 1040 g/mol. The van der Waals surface area contributed by atoms with Crippen molar-refractivity contribution in [2.45, 2.75) is 110 Å². The standard InChI is InChI=1S/C51H59F4N7O8S2/c1-31-43(72-30-58-31)33-13-11-32(12-14-33)27-57-45(65)40-25-37(63)28-60(40)46(66)44(49(2,3)4)59-42(64)29-69-21-10-20-68-19-8-7-9-22-70-41-18-17-36(24-39(41)52)62-48(71)61(47(67)50(62,5)6)35-16-15-34(26-56)38(23-35)51(53,54)55/h11-18,23-24,30,37,40,44,63H,7-10,19-22,25,27-29H2,1-6H3,(H,57,65)(H,59,64)/t37-,40+,44-/m1/s1. The number of ether oxygens (including phenoxy) is 3. The third-order valence-electron chi connectivity index (χ3n) is 12.2. The topological polar surface area (TPSA) is 187 Å². The van der Waals surface area contributed by atoms with Gasteiger partial charge in [-0.15, -0.1) is 11.3 Å². The van der Waals surface area contributed by atoms with Gasteiger partial charge in [0.25, 0.3) is 5.91 Å². The molecular formula is C51H59F4N7O8S2. The van der Waals surface area contributed by atoms with E-state index >= 15 is 4.39 Å². The van der Waals surface area contributed by atoms with Crippen molar-refractivity contribution in [1.29, 1.82) is 5.26 Å². The van der Waals surface area contributed by atoms with Crippen LogP contribution in [0.5, 0.6) is 5.75 Å². The van der Waals surface area contributed by atoms with E-state index in [0.717, 1.165) is 38.7 Å². The molecule has 4 amide bonds. The molecule has 3 heterocycles. The first-order valence-electron chi connectivity index (χ1n) is 23.5. The van der Waals surface area contributed by atoms with Crippen LogP contribution in [0.4, 0.5) is 28.9 Å². The molecule has 2 fully saturated rings. The van der Waals surface area contributed by atoms with Crippen LogP contribution in [0.3, 0.4) is 0 Å². The zero-order valence-electron chi connectivity index (χ0n) is 40.9. The van der Waals surface area contributed by atoms with E-state index in [9.17, 15) is 42.7 Å². The minimum atomic E-state index is -4.85. The number of aliphatic hydroxyl groups is 1. The van der Waals surface area contributed by atoms with Crippen molar-refractivity contribution in [2.24, 2.45) is 5.41 Å². The number of aryl methyl sites for hydroxylation is 1. The van der Waals surface area contributed by atoms with Crippen LogP contribution in [0.2, 0.25) is 0 Å². The molecule has 6 rings (SSSR count). The number of unbranched alkanes of at least 4 members (excludes halogenated alkanes) is 2. The molecule has 0 bridgehead atoms. The Morgan fingerprint density at radius 3 is 2.31 bits per heavy atom. The number of anilines is 2. The largest absolute Gasteiger partial charge is 0.491 e. The van der Waals surface area contributed by atoms with Crippen molar-refractivity contribution >= 4 is 63.7 Å². The van der Waals surface area contributed by atoms with Gasteiger partial charge in [0.15, 0.2) is 16.7 Å². The van der Waals surface area contributed by atoms with Gasteiger partial charge in [-0.2, -0.15) is 18.4 Å². The summed E-state index contributed by atoms with van der Waals surface area (Å²) in [5.74, 6) is -2.77. The number of hydrogen-bond acceptors (Lipinski definition) is 12. The van der Waals surface area contributed by atoms with E-state index in [-0.39, 0.29) is 61.6 Å². The van der Waals surface area contributed by atoms with Gasteiger partial charge < -0.3 is 39.8 Å². The molecule has 15 nitrogen and oxygen atoms in total. The second kappa shape index (κ2) is 23.7. The number of alkyl halides is 3. The summed E-state index contributed by atoms with van der Waals surface area (Å²) in [5.41, 5.74) is 0.721. The van der Waals surface area contributed by atoms with Crippen LogP contribution in [-0.2, 0) is 41.4 Å². The number of nitrogens with zero attached hydrogens (tertiary/aromatic N) is 5. The first kappa shape index (κ1) is 55.3. The number of nitriles is 1. The second-order valence-corrected chi connectivity index (χ2v) is 20.4. The van der Waals surface area contributed by atoms with Gasteiger partial charge in [-0.3, -0.25) is 24.1 Å². The fourth-order valence-electron chi connectivity index (χ4n) is 8.38. The lowest BCUT2D eigenvalue weighted by Gasteiger charge is -2.35. The third kappa shape index (κ3) is 13.3. The number of nitrogens with one attached hydrogen (secondary N) is 2. The number of amides is 4. The predicted octanol–water partition coefficient (Wildman–Crippen LogP) is 7.85. The number of thiocarbonyl (C=S) groups is 1. The van der Waals surface area contributed by atoms with Crippen LogP contribution in [0.1, 0.15) is 89.1 Å². The summed E-state index contributed by atoms with van der Waals surface area (Å²) in [7, 11) is 0. The Labute approximate surface area is 425 Å². The summed E-state index contributed by atoms with van der Waals surface area (Å²) in [6, 6.07) is 14.3. The van der Waals surface area contributed by atoms with E-state index in [4.69, 9.17) is 26.4 Å². The molecular weight excluding hydrogens is 979 g/mol. The molecule has 4 aromatic rings. The van der Waals surface area contributed by atoms with Gasteiger partial charge in [-0.25, -0.2) is 9.37 Å². The Morgan fingerprint density at radius 1 is 0.972 bits per heavy atom. The number of carbonyl (C=O) groups excluding carboxylic acids is 4. The van der Waals surface area contributed by atoms with Gasteiger partial charge >= 0.3 is 6.18 Å². The quantitative estimate of drug-likeness (QED) is 0.0418. The van der Waals surface area contributed by atoms with E-state index < -0.39 is 75.9 Å². The van der Waals surface area contributed by atoms with E-state index in [0.29, 0.717) is 45.0 Å². The SMILES string of the molecule is Cc1ncsc1-c1ccc(CNC(=O)[C@@H]2C[C@@H](O)CN2C(=O)[C@@H](NC(=O)COCCCOCCCCCOc2ccc(N3C(=S)N(c4ccc(C#N)c(C(F)(F)F)c4)C(=O)C3(C)C)cc2F)C(C)(C)C)cc1. The first-order chi connectivity index (χ1) is 34.0. The molecule has 0 unspecified atom stereocenters. The van der Waals surface area contributed by atoms with Crippen LogP contribution in [0.15, 0.2) is 66.2 Å². The van der Waals surface area contributed by atoms with E-state index in [1.807, 2.05) is 31.2 Å². The summed E-state index contributed by atoms with van der Waals surface area (Å²) in [6.45, 7) is 11.5. The second-order valence-electron chi connectivity index (χ2n) is 19.1. The van der Waals surface area contributed by atoms with Crippen LogP contribution >= 0.6 is 23.6 Å². The average Bonchev–Trinajstić information content (AvgIpc) is 3.99. The summed E-state index contributed by atoms with van der Waals surface area (Å²) in [4.78, 5) is 62.9. The number of thiazole rings is 1. The number of hydrogen-bond donors (Lipinski definition) is 3. The van der Waals surface area contributed by atoms with E-state index in [2.05, 4.69) is 15.6 Å². The summed E-state index contributed by atoms with van der Waals surface area (Å²) in [6.07, 6.45) is -3.17. The monoisotopic (exact) mass is 1040 g/mol. The minimum Gasteiger partial charge on any atom is -0.491 e. The summed E-state index contributed by atoms with van der Waals surface area (Å²) in [5, 5.41) is 25.3. The lowest BCUT2D eigenvalue weighted by molar-refractivity contribution is -0.144. The van der Waals surface area contributed by atoms with Gasteiger partial charge in [0.2, 0.25) is 17.7 Å². The predicted molar refractivity (Wildman–Crippen MR) is 266 cm³/mol.